The van der Waals surface area contributed by atoms with Gasteiger partial charge in [-0.05, 0) is 83.0 Å². The van der Waals surface area contributed by atoms with Gasteiger partial charge in [-0.3, -0.25) is 19.9 Å². The SMILES string of the molecule is O=C(O)C(=O)O.O=C(O)C(=O)O.O=C(O)C(=O)O.c1cnc2cc3c(cc2n1)[C@@H]1CNC[C@H]3C1.c1cnc2cc3c(cc2n1)[C@@H]1CNC[C@H]3C1. The number of aromatic nitrogens is 4. The third-order valence-corrected chi connectivity index (χ3v) is 8.36. The number of rotatable bonds is 0. The molecule has 8 rings (SSSR count). The second-order valence-electron chi connectivity index (χ2n) is 11.5. The number of benzene rings is 2. The predicted octanol–water partition coefficient (Wildman–Crippen LogP) is 1.07. The van der Waals surface area contributed by atoms with Gasteiger partial charge in [-0.1, -0.05) is 0 Å². The highest BCUT2D eigenvalue weighted by atomic mass is 16.5. The third-order valence-electron chi connectivity index (χ3n) is 8.36. The van der Waals surface area contributed by atoms with Gasteiger partial charge in [-0.2, -0.15) is 0 Å². The number of carboxylic acid groups (broad SMARTS) is 6. The van der Waals surface area contributed by atoms with Crippen molar-refractivity contribution in [2.75, 3.05) is 26.2 Å². The van der Waals surface area contributed by atoms with E-state index in [2.05, 4.69) is 54.8 Å². The molecule has 0 radical (unpaired) electrons. The smallest absolute Gasteiger partial charge is 0.414 e. The number of nitrogens with zero attached hydrogens (tertiary/aromatic N) is 4. The van der Waals surface area contributed by atoms with Gasteiger partial charge in [0.05, 0.1) is 22.1 Å². The first-order chi connectivity index (χ1) is 23.8. The van der Waals surface area contributed by atoms with E-state index in [1.54, 1.807) is 24.8 Å². The number of fused-ring (bicyclic) bond motifs is 12. The molecule has 2 fully saturated rings. The molecule has 18 heteroatoms. The Morgan fingerprint density at radius 2 is 0.620 bits per heavy atom. The van der Waals surface area contributed by atoms with E-state index in [4.69, 9.17) is 59.4 Å². The Balaban J connectivity index is 0.000000155. The molecular weight excluding hydrogens is 660 g/mol. The summed E-state index contributed by atoms with van der Waals surface area (Å²) in [5.74, 6) is -8.17. The largest absolute Gasteiger partial charge is 0.473 e. The molecule has 18 nitrogen and oxygen atoms in total. The minimum Gasteiger partial charge on any atom is -0.473 e. The molecule has 2 aliphatic carbocycles. The Kier molecular flexibility index (Phi) is 12.0. The van der Waals surface area contributed by atoms with E-state index in [1.165, 1.54) is 35.1 Å². The maximum absolute atomic E-state index is 9.10. The summed E-state index contributed by atoms with van der Waals surface area (Å²) in [6.45, 7) is 4.48. The summed E-state index contributed by atoms with van der Waals surface area (Å²) in [7, 11) is 0. The lowest BCUT2D eigenvalue weighted by atomic mass is 9.98. The van der Waals surface area contributed by atoms with E-state index in [-0.39, 0.29) is 0 Å². The average Bonchev–Trinajstić information content (AvgIpc) is 3.48. The maximum atomic E-state index is 9.10. The monoisotopic (exact) mass is 692 g/mol. The van der Waals surface area contributed by atoms with Gasteiger partial charge in [0, 0.05) is 51.0 Å². The van der Waals surface area contributed by atoms with Crippen LogP contribution in [0.15, 0.2) is 49.1 Å². The zero-order valence-corrected chi connectivity index (χ0v) is 26.1. The minimum atomic E-state index is -1.82. The fourth-order valence-corrected chi connectivity index (χ4v) is 6.33. The molecular formula is C32H32N6O12. The first-order valence-corrected chi connectivity index (χ1v) is 15.1. The number of nitrogens with one attached hydrogen (secondary N) is 2. The van der Waals surface area contributed by atoms with E-state index < -0.39 is 35.8 Å². The highest BCUT2D eigenvalue weighted by Gasteiger charge is 2.35. The second-order valence-corrected chi connectivity index (χ2v) is 11.5. The molecule has 2 aliphatic heterocycles. The summed E-state index contributed by atoms with van der Waals surface area (Å²) in [6.07, 6.45) is 9.70. The van der Waals surface area contributed by atoms with Crippen LogP contribution in [0, 0.1) is 0 Å². The first kappa shape index (κ1) is 36.7. The zero-order chi connectivity index (χ0) is 36.5. The van der Waals surface area contributed by atoms with Gasteiger partial charge < -0.3 is 41.3 Å². The second kappa shape index (κ2) is 16.3. The van der Waals surface area contributed by atoms with E-state index in [0.29, 0.717) is 23.7 Å². The van der Waals surface area contributed by atoms with Crippen molar-refractivity contribution in [2.45, 2.75) is 36.5 Å². The highest BCUT2D eigenvalue weighted by molar-refractivity contribution is 6.28. The molecule has 4 aliphatic rings. The lowest BCUT2D eigenvalue weighted by Crippen LogP contribution is -2.28. The van der Waals surface area contributed by atoms with E-state index in [0.717, 1.165) is 48.2 Å². The topological polar surface area (TPSA) is 299 Å². The van der Waals surface area contributed by atoms with E-state index >= 15 is 0 Å². The standard InChI is InChI=1S/2C13H13N3.3C2H2O4/c2*1-2-16-13-5-11-9-3-8(6-14-7-9)10(11)4-12(13)15-1;3*3-1(4)2(5)6/h2*1-2,4-5,8-9,14H,3,6-7H2;3*(H,3,4)(H,5,6)/t2*8-,9+;;;. The fourth-order valence-electron chi connectivity index (χ4n) is 6.33. The molecule has 4 heterocycles. The van der Waals surface area contributed by atoms with Crippen LogP contribution in [0.2, 0.25) is 0 Å². The number of carboxylic acids is 6. The molecule has 0 saturated carbocycles. The van der Waals surface area contributed by atoms with Crippen LogP contribution in [0.3, 0.4) is 0 Å². The van der Waals surface area contributed by atoms with Gasteiger partial charge in [0.25, 0.3) is 0 Å². The predicted molar refractivity (Wildman–Crippen MR) is 171 cm³/mol. The van der Waals surface area contributed by atoms with Crippen molar-refractivity contribution in [3.63, 3.8) is 0 Å². The fraction of sp³-hybridized carbons (Fsp3) is 0.312. The Labute approximate surface area is 281 Å². The summed E-state index contributed by atoms with van der Waals surface area (Å²) < 4.78 is 0. The summed E-state index contributed by atoms with van der Waals surface area (Å²) in [5.41, 5.74) is 10.2. The van der Waals surface area contributed by atoms with Gasteiger partial charge >= 0.3 is 35.8 Å². The Hall–Kier alpha value is -6.14. The minimum absolute atomic E-state index is 0.695. The van der Waals surface area contributed by atoms with Crippen LogP contribution in [-0.2, 0) is 28.8 Å². The van der Waals surface area contributed by atoms with Crippen molar-refractivity contribution in [2.24, 2.45) is 0 Å². The van der Waals surface area contributed by atoms with E-state index in [9.17, 15) is 0 Å². The van der Waals surface area contributed by atoms with Gasteiger partial charge in [0.2, 0.25) is 0 Å². The van der Waals surface area contributed by atoms with Crippen LogP contribution in [0.1, 0.15) is 58.8 Å². The van der Waals surface area contributed by atoms with Crippen LogP contribution in [-0.4, -0.2) is 113 Å². The molecule has 8 N–H and O–H groups in total. The molecule has 4 atom stereocenters. The number of hydrogen-bond donors (Lipinski definition) is 8. The van der Waals surface area contributed by atoms with E-state index in [1.807, 2.05) is 0 Å². The maximum Gasteiger partial charge on any atom is 0.414 e. The molecule has 2 aromatic carbocycles. The van der Waals surface area contributed by atoms with Crippen molar-refractivity contribution >= 4 is 57.9 Å². The Bertz CT molecular complexity index is 1660. The van der Waals surface area contributed by atoms with Gasteiger partial charge in [0.1, 0.15) is 0 Å². The lowest BCUT2D eigenvalue weighted by Gasteiger charge is -2.19. The third kappa shape index (κ3) is 9.05. The number of aliphatic carboxylic acids is 6. The van der Waals surface area contributed by atoms with Gasteiger partial charge in [-0.15, -0.1) is 0 Å². The molecule has 262 valence electrons. The van der Waals surface area contributed by atoms with Crippen LogP contribution in [0.4, 0.5) is 0 Å². The first-order valence-electron chi connectivity index (χ1n) is 15.1. The molecule has 0 unspecified atom stereocenters. The molecule has 0 spiro atoms. The Morgan fingerprint density at radius 3 is 0.800 bits per heavy atom. The molecule has 2 aromatic heterocycles. The molecule has 0 amide bonds. The summed E-state index contributed by atoms with van der Waals surface area (Å²) in [6, 6.07) is 8.98. The lowest BCUT2D eigenvalue weighted by molar-refractivity contribution is -0.159. The number of carbonyl (C=O) groups is 6. The van der Waals surface area contributed by atoms with Crippen molar-refractivity contribution in [3.05, 3.63) is 71.3 Å². The molecule has 50 heavy (non-hydrogen) atoms. The zero-order valence-electron chi connectivity index (χ0n) is 26.1. The van der Waals surface area contributed by atoms with Crippen LogP contribution in [0.5, 0.6) is 0 Å². The number of piperidine rings is 2. The molecule has 2 saturated heterocycles. The van der Waals surface area contributed by atoms with Crippen LogP contribution < -0.4 is 10.6 Å². The molecule has 4 aromatic rings. The normalized spacial score (nSPS) is 19.9. The van der Waals surface area contributed by atoms with Crippen LogP contribution in [0.25, 0.3) is 22.1 Å². The summed E-state index contributed by atoms with van der Waals surface area (Å²) >= 11 is 0. The highest BCUT2D eigenvalue weighted by Crippen LogP contribution is 2.45. The van der Waals surface area contributed by atoms with Crippen molar-refractivity contribution in [3.8, 4) is 0 Å². The molecule has 4 bridgehead atoms. The summed E-state index contributed by atoms with van der Waals surface area (Å²) in [5, 5.41) is 51.4. The number of hydrogen-bond acceptors (Lipinski definition) is 12. The van der Waals surface area contributed by atoms with Gasteiger partial charge in [0.15, 0.2) is 0 Å². The van der Waals surface area contributed by atoms with Gasteiger partial charge in [-0.25, -0.2) is 28.8 Å². The van der Waals surface area contributed by atoms with Crippen molar-refractivity contribution in [1.29, 1.82) is 0 Å². The summed E-state index contributed by atoms with van der Waals surface area (Å²) in [4.78, 5) is 72.2. The average molecular weight is 693 g/mol. The Morgan fingerprint density at radius 1 is 0.420 bits per heavy atom. The quantitative estimate of drug-likeness (QED) is 0.120. The van der Waals surface area contributed by atoms with Crippen LogP contribution >= 0.6 is 0 Å². The van der Waals surface area contributed by atoms with Crippen molar-refractivity contribution in [1.82, 2.24) is 30.6 Å². The van der Waals surface area contributed by atoms with Crippen molar-refractivity contribution < 1.29 is 59.4 Å².